The maximum Gasteiger partial charge on any atom is 0.251 e. The van der Waals surface area contributed by atoms with E-state index in [9.17, 15) is 13.2 Å². The Morgan fingerprint density at radius 3 is 2.38 bits per heavy atom. The number of nitrogens with one attached hydrogen (secondary N) is 1. The predicted octanol–water partition coefficient (Wildman–Crippen LogP) is 4.22. The highest BCUT2D eigenvalue weighted by Gasteiger charge is 2.54. The van der Waals surface area contributed by atoms with E-state index < -0.39 is 9.84 Å². The molecule has 5 atom stereocenters. The van der Waals surface area contributed by atoms with Crippen LogP contribution in [0.25, 0.3) is 0 Å². The van der Waals surface area contributed by atoms with Crippen LogP contribution in [0.1, 0.15) is 48.0 Å². The fraction of sp³-hybridized carbons (Fsp3) is 0.458. The van der Waals surface area contributed by atoms with Crippen molar-refractivity contribution in [2.75, 3.05) is 0 Å². The summed E-state index contributed by atoms with van der Waals surface area (Å²) in [5.41, 5.74) is 1.30. The third kappa shape index (κ3) is 3.50. The van der Waals surface area contributed by atoms with Gasteiger partial charge < -0.3 is 5.32 Å². The minimum absolute atomic E-state index is 0.0328. The Morgan fingerprint density at radius 1 is 0.897 bits per heavy atom. The van der Waals surface area contributed by atoms with Gasteiger partial charge in [0.1, 0.15) is 0 Å². The van der Waals surface area contributed by atoms with Crippen molar-refractivity contribution in [1.29, 1.82) is 0 Å². The molecule has 5 rings (SSSR count). The average Bonchev–Trinajstić information content (AvgIpc) is 3.42. The second-order valence-electron chi connectivity index (χ2n) is 9.00. The molecular formula is C24H27NO3S. The number of sulfone groups is 1. The van der Waals surface area contributed by atoms with Crippen LogP contribution in [0.2, 0.25) is 0 Å². The second-order valence-corrected chi connectivity index (χ2v) is 11.0. The van der Waals surface area contributed by atoms with Crippen molar-refractivity contribution in [3.8, 4) is 0 Å². The number of carbonyl (C=O) groups is 1. The van der Waals surface area contributed by atoms with Gasteiger partial charge in [-0.1, -0.05) is 36.8 Å². The van der Waals surface area contributed by atoms with E-state index in [0.717, 1.165) is 24.2 Å². The summed E-state index contributed by atoms with van der Waals surface area (Å²) in [5.74, 6) is 3.11. The lowest BCUT2D eigenvalue weighted by atomic mass is 9.79. The molecule has 0 aliphatic heterocycles. The molecule has 4 nitrogen and oxygen atoms in total. The summed E-state index contributed by atoms with van der Waals surface area (Å²) in [7, 11) is -3.38. The van der Waals surface area contributed by atoms with Gasteiger partial charge in [-0.2, -0.15) is 0 Å². The molecule has 2 aromatic carbocycles. The molecule has 3 aliphatic rings. The van der Waals surface area contributed by atoms with Crippen molar-refractivity contribution in [3.05, 3.63) is 65.7 Å². The standard InChI is InChI=1S/C24H27NO3S/c26-24(25-23-14-18-13-22(23)21-8-4-7-20(18)21)17-11-9-16(10-12-17)15-29(27,28)19-5-2-1-3-6-19/h1-3,5-6,9-12,18,20-23H,4,7-8,13-15H2,(H,25,26)/t18-,20+,21+,22+,23-/m1/s1. The number of rotatable bonds is 5. The first-order chi connectivity index (χ1) is 14.0. The van der Waals surface area contributed by atoms with Gasteiger partial charge in [0.2, 0.25) is 0 Å². The average molecular weight is 410 g/mol. The molecule has 1 amide bonds. The van der Waals surface area contributed by atoms with Crippen LogP contribution in [0.5, 0.6) is 0 Å². The van der Waals surface area contributed by atoms with Crippen LogP contribution >= 0.6 is 0 Å². The minimum atomic E-state index is -3.38. The molecule has 3 fully saturated rings. The Labute approximate surface area is 172 Å². The largest absolute Gasteiger partial charge is 0.349 e. The van der Waals surface area contributed by atoms with Crippen molar-refractivity contribution >= 4 is 15.7 Å². The SMILES string of the molecule is O=C(N[C@@H]1C[C@H]2C[C@H]1[C@H]1CCC[C@@H]21)c1ccc(CS(=O)(=O)c2ccccc2)cc1. The topological polar surface area (TPSA) is 63.2 Å². The van der Waals surface area contributed by atoms with Gasteiger partial charge >= 0.3 is 0 Å². The van der Waals surface area contributed by atoms with Crippen molar-refractivity contribution < 1.29 is 13.2 Å². The molecular weight excluding hydrogens is 382 g/mol. The summed E-state index contributed by atoms with van der Waals surface area (Å²) in [6.07, 6.45) is 6.50. The maximum atomic E-state index is 12.8. The fourth-order valence-corrected chi connectivity index (χ4v) is 7.54. The highest BCUT2D eigenvalue weighted by molar-refractivity contribution is 7.90. The van der Waals surface area contributed by atoms with Gasteiger partial charge in [0, 0.05) is 11.6 Å². The van der Waals surface area contributed by atoms with Crippen LogP contribution in [0.4, 0.5) is 0 Å². The molecule has 3 aliphatic carbocycles. The zero-order valence-electron chi connectivity index (χ0n) is 16.5. The predicted molar refractivity (Wildman–Crippen MR) is 112 cm³/mol. The van der Waals surface area contributed by atoms with Crippen LogP contribution in [0.15, 0.2) is 59.5 Å². The molecule has 152 valence electrons. The van der Waals surface area contributed by atoms with E-state index in [0.29, 0.717) is 28.0 Å². The van der Waals surface area contributed by atoms with Gasteiger partial charge in [0.15, 0.2) is 9.84 Å². The van der Waals surface area contributed by atoms with E-state index in [1.54, 1.807) is 54.6 Å². The summed E-state index contributed by atoms with van der Waals surface area (Å²) in [6, 6.07) is 15.8. The molecule has 0 heterocycles. The Hall–Kier alpha value is -2.14. The lowest BCUT2D eigenvalue weighted by Crippen LogP contribution is -2.42. The number of hydrogen-bond donors (Lipinski definition) is 1. The highest BCUT2D eigenvalue weighted by atomic mass is 32.2. The summed E-state index contributed by atoms with van der Waals surface area (Å²) < 4.78 is 25.1. The molecule has 5 heteroatoms. The lowest BCUT2D eigenvalue weighted by Gasteiger charge is -2.32. The number of fused-ring (bicyclic) bond motifs is 5. The summed E-state index contributed by atoms with van der Waals surface area (Å²) in [5, 5.41) is 3.28. The first-order valence-electron chi connectivity index (χ1n) is 10.7. The quantitative estimate of drug-likeness (QED) is 0.804. The van der Waals surface area contributed by atoms with Gasteiger partial charge in [-0.15, -0.1) is 0 Å². The second kappa shape index (κ2) is 7.28. The highest BCUT2D eigenvalue weighted by Crippen LogP contribution is 2.58. The van der Waals surface area contributed by atoms with E-state index in [1.807, 2.05) is 0 Å². The Morgan fingerprint density at radius 2 is 1.62 bits per heavy atom. The Kier molecular flexibility index (Phi) is 4.73. The third-order valence-electron chi connectivity index (χ3n) is 7.42. The molecule has 0 radical (unpaired) electrons. The molecule has 0 unspecified atom stereocenters. The van der Waals surface area contributed by atoms with Gasteiger partial charge in [0.25, 0.3) is 5.91 Å². The Bertz CT molecular complexity index is 1000. The molecule has 0 spiro atoms. The van der Waals surface area contributed by atoms with Crippen molar-refractivity contribution in [1.82, 2.24) is 5.32 Å². The molecule has 2 aromatic rings. The monoisotopic (exact) mass is 409 g/mol. The summed E-state index contributed by atoms with van der Waals surface area (Å²) in [6.45, 7) is 0. The summed E-state index contributed by atoms with van der Waals surface area (Å²) >= 11 is 0. The number of benzene rings is 2. The Balaban J connectivity index is 1.23. The number of amides is 1. The van der Waals surface area contributed by atoms with Crippen LogP contribution in [-0.2, 0) is 15.6 Å². The van der Waals surface area contributed by atoms with E-state index in [2.05, 4.69) is 5.32 Å². The maximum absolute atomic E-state index is 12.8. The third-order valence-corrected chi connectivity index (χ3v) is 9.12. The summed E-state index contributed by atoms with van der Waals surface area (Å²) in [4.78, 5) is 13.1. The van der Waals surface area contributed by atoms with Crippen LogP contribution in [-0.4, -0.2) is 20.4 Å². The van der Waals surface area contributed by atoms with E-state index in [-0.39, 0.29) is 11.7 Å². The molecule has 29 heavy (non-hydrogen) atoms. The van der Waals surface area contributed by atoms with Gasteiger partial charge in [-0.25, -0.2) is 8.42 Å². The lowest BCUT2D eigenvalue weighted by molar-refractivity contribution is 0.0901. The molecule has 1 N–H and O–H groups in total. The number of carbonyl (C=O) groups excluding carboxylic acids is 1. The van der Waals surface area contributed by atoms with Gasteiger partial charge in [-0.05, 0) is 79.2 Å². The van der Waals surface area contributed by atoms with Crippen molar-refractivity contribution in [2.45, 2.75) is 48.8 Å². The van der Waals surface area contributed by atoms with Gasteiger partial charge in [-0.3, -0.25) is 4.79 Å². The van der Waals surface area contributed by atoms with Crippen LogP contribution in [0, 0.1) is 23.7 Å². The van der Waals surface area contributed by atoms with Crippen LogP contribution in [0.3, 0.4) is 0 Å². The van der Waals surface area contributed by atoms with E-state index in [4.69, 9.17) is 0 Å². The first kappa shape index (κ1) is 18.9. The number of hydrogen-bond acceptors (Lipinski definition) is 3. The molecule has 2 bridgehead atoms. The fourth-order valence-electron chi connectivity index (χ4n) is 6.17. The smallest absolute Gasteiger partial charge is 0.251 e. The van der Waals surface area contributed by atoms with Gasteiger partial charge in [0.05, 0.1) is 10.6 Å². The van der Waals surface area contributed by atoms with Crippen molar-refractivity contribution in [2.24, 2.45) is 23.7 Å². The molecule has 3 saturated carbocycles. The molecule has 0 aromatic heterocycles. The van der Waals surface area contributed by atoms with E-state index in [1.165, 1.54) is 25.7 Å². The van der Waals surface area contributed by atoms with Crippen molar-refractivity contribution in [3.63, 3.8) is 0 Å². The van der Waals surface area contributed by atoms with E-state index >= 15 is 0 Å². The normalized spacial score (nSPS) is 30.3. The van der Waals surface area contributed by atoms with Crippen LogP contribution < -0.4 is 5.32 Å². The zero-order valence-corrected chi connectivity index (χ0v) is 17.3. The first-order valence-corrected chi connectivity index (χ1v) is 12.3. The zero-order chi connectivity index (χ0) is 20.0. The minimum Gasteiger partial charge on any atom is -0.349 e. The molecule has 0 saturated heterocycles.